The number of methoxy groups -OCH3 is 1. The van der Waals surface area contributed by atoms with Gasteiger partial charge in [0, 0.05) is 84.9 Å². The van der Waals surface area contributed by atoms with E-state index in [1.165, 1.54) is 6.07 Å². The van der Waals surface area contributed by atoms with Crippen LogP contribution < -0.4 is 15.0 Å². The fourth-order valence-corrected chi connectivity index (χ4v) is 7.97. The zero-order chi connectivity index (χ0) is 42.4. The van der Waals surface area contributed by atoms with Crippen molar-refractivity contribution in [1.29, 1.82) is 0 Å². The van der Waals surface area contributed by atoms with Crippen molar-refractivity contribution in [1.82, 2.24) is 29.9 Å². The average Bonchev–Trinajstić information content (AvgIpc) is 3.22. The van der Waals surface area contributed by atoms with E-state index in [4.69, 9.17) is 26.1 Å². The minimum absolute atomic E-state index is 0.130. The quantitative estimate of drug-likeness (QED) is 0.156. The van der Waals surface area contributed by atoms with E-state index in [0.29, 0.717) is 51.0 Å². The molecular formula is C46H35ClF4N8O2. The van der Waals surface area contributed by atoms with Crippen LogP contribution in [0.5, 0.6) is 5.75 Å². The van der Waals surface area contributed by atoms with E-state index in [0.717, 1.165) is 61.4 Å². The molecule has 8 heterocycles. The lowest BCUT2D eigenvalue weighted by molar-refractivity contribution is -0.127. The van der Waals surface area contributed by atoms with E-state index in [-0.39, 0.29) is 32.2 Å². The molecule has 0 saturated carbocycles. The van der Waals surface area contributed by atoms with Crippen molar-refractivity contribution in [3.05, 3.63) is 143 Å². The van der Waals surface area contributed by atoms with E-state index in [2.05, 4.69) is 35.1 Å². The monoisotopic (exact) mass is 842 g/mol. The van der Waals surface area contributed by atoms with E-state index in [1.54, 1.807) is 63.2 Å². The van der Waals surface area contributed by atoms with Gasteiger partial charge in [-0.15, -0.1) is 0 Å². The predicted molar refractivity (Wildman–Crippen MR) is 227 cm³/mol. The Kier molecular flexibility index (Phi) is 10.4. The van der Waals surface area contributed by atoms with Crippen LogP contribution in [0.2, 0.25) is 5.02 Å². The third-order valence-electron chi connectivity index (χ3n) is 10.8. The number of halogens is 5. The maximum atomic E-state index is 15.5. The predicted octanol–water partition coefficient (Wildman–Crippen LogP) is 10.5. The fraction of sp³-hybridized carbons (Fsp3) is 0.174. The van der Waals surface area contributed by atoms with Gasteiger partial charge >= 0.3 is 0 Å². The standard InChI is InChI=1S/C31H26F2N6O2.C15H9ClF2N2/c1-18-29(24-5-3-4-6-35-24)38-26-9-20(32)8-23(33)28(26)30(18)37-25-10-27(39-14-31(15-39)16-41-17-31)36-13-22(25)19-7-21(40-2)12-34-11-19;1-8-14(16)13-10(18)6-9(17)7-12(13)20-15(8)11-4-2-3-5-19-11/h3-13H,14-17H2,1-2H3,(H,36,37,38);2-7H,1H3. The molecule has 1 N–H and O–H groups in total. The van der Waals surface area contributed by atoms with Crippen molar-refractivity contribution in [2.75, 3.05) is 43.6 Å². The molecule has 8 aromatic rings. The maximum Gasteiger partial charge on any atom is 0.137 e. The average molecular weight is 843 g/mol. The van der Waals surface area contributed by atoms with Crippen LogP contribution in [0, 0.1) is 42.5 Å². The highest BCUT2D eigenvalue weighted by Gasteiger charge is 2.49. The number of aromatic nitrogens is 6. The molecule has 306 valence electrons. The van der Waals surface area contributed by atoms with E-state index >= 15 is 4.39 Å². The lowest BCUT2D eigenvalue weighted by Gasteiger charge is -2.55. The van der Waals surface area contributed by atoms with Gasteiger partial charge in [-0.05, 0) is 49.7 Å². The van der Waals surface area contributed by atoms with Crippen LogP contribution in [0.15, 0.2) is 104 Å². The highest BCUT2D eigenvalue weighted by molar-refractivity contribution is 6.36. The summed E-state index contributed by atoms with van der Waals surface area (Å²) in [6.45, 7) is 6.82. The number of nitrogens with one attached hydrogen (secondary N) is 1. The van der Waals surface area contributed by atoms with Gasteiger partial charge in [-0.25, -0.2) is 32.5 Å². The zero-order valence-electron chi connectivity index (χ0n) is 33.0. The summed E-state index contributed by atoms with van der Waals surface area (Å²) in [6.07, 6.45) is 8.42. The summed E-state index contributed by atoms with van der Waals surface area (Å²) in [6, 6.07) is 18.7. The lowest BCUT2D eigenvalue weighted by Crippen LogP contribution is -2.66. The Bertz CT molecular complexity index is 2970. The van der Waals surface area contributed by atoms with Gasteiger partial charge < -0.3 is 19.7 Å². The molecule has 0 aliphatic carbocycles. The van der Waals surface area contributed by atoms with Crippen molar-refractivity contribution in [2.45, 2.75) is 13.8 Å². The second-order valence-corrected chi connectivity index (χ2v) is 15.4. The molecule has 2 fully saturated rings. The molecule has 15 heteroatoms. The molecule has 6 aromatic heterocycles. The molecule has 2 saturated heterocycles. The molecule has 10 rings (SSSR count). The number of anilines is 3. The van der Waals surface area contributed by atoms with Crippen LogP contribution in [0.3, 0.4) is 0 Å². The van der Waals surface area contributed by atoms with Gasteiger partial charge in [-0.1, -0.05) is 23.7 Å². The van der Waals surface area contributed by atoms with Crippen molar-refractivity contribution in [2.24, 2.45) is 5.41 Å². The second kappa shape index (κ2) is 16.0. The molecule has 0 radical (unpaired) electrons. The Morgan fingerprint density at radius 2 is 1.36 bits per heavy atom. The number of hydrogen-bond donors (Lipinski definition) is 1. The van der Waals surface area contributed by atoms with Crippen LogP contribution >= 0.6 is 11.6 Å². The van der Waals surface area contributed by atoms with Crippen molar-refractivity contribution in [3.8, 4) is 39.7 Å². The number of fused-ring (bicyclic) bond motifs is 2. The van der Waals surface area contributed by atoms with Gasteiger partial charge in [0.05, 0.1) is 92.9 Å². The van der Waals surface area contributed by atoms with Gasteiger partial charge in [0.25, 0.3) is 0 Å². The summed E-state index contributed by atoms with van der Waals surface area (Å²) in [5.74, 6) is -1.43. The Morgan fingerprint density at radius 3 is 1.95 bits per heavy atom. The fourth-order valence-electron chi connectivity index (χ4n) is 7.69. The molecule has 0 bridgehead atoms. The van der Waals surface area contributed by atoms with Crippen LogP contribution in [-0.4, -0.2) is 63.3 Å². The minimum atomic E-state index is -0.715. The van der Waals surface area contributed by atoms with E-state index < -0.39 is 23.3 Å². The van der Waals surface area contributed by atoms with Gasteiger partial charge in [-0.3, -0.25) is 15.0 Å². The number of pyridine rings is 6. The van der Waals surface area contributed by atoms with Crippen molar-refractivity contribution < 1.29 is 27.0 Å². The van der Waals surface area contributed by atoms with Crippen LogP contribution in [0.25, 0.3) is 55.7 Å². The van der Waals surface area contributed by atoms with Gasteiger partial charge in [0.15, 0.2) is 0 Å². The van der Waals surface area contributed by atoms with Crippen molar-refractivity contribution in [3.63, 3.8) is 0 Å². The van der Waals surface area contributed by atoms with E-state index in [1.807, 2.05) is 37.3 Å². The van der Waals surface area contributed by atoms with E-state index in [9.17, 15) is 13.2 Å². The van der Waals surface area contributed by atoms with Crippen LogP contribution in [-0.2, 0) is 4.74 Å². The maximum absolute atomic E-state index is 15.5. The highest BCUT2D eigenvalue weighted by Crippen LogP contribution is 2.43. The first-order valence-electron chi connectivity index (χ1n) is 19.2. The Hall–Kier alpha value is -6.77. The summed E-state index contributed by atoms with van der Waals surface area (Å²) in [5, 5.41) is 4.04. The summed E-state index contributed by atoms with van der Waals surface area (Å²) in [5.41, 5.74) is 6.77. The molecule has 0 amide bonds. The second-order valence-electron chi connectivity index (χ2n) is 15.0. The number of ether oxygens (including phenoxy) is 2. The molecule has 1 spiro atoms. The molecule has 0 atom stereocenters. The third-order valence-corrected chi connectivity index (χ3v) is 11.3. The molecule has 0 unspecified atom stereocenters. The molecular weight excluding hydrogens is 808 g/mol. The topological polar surface area (TPSA) is 111 Å². The first kappa shape index (κ1) is 39.7. The minimum Gasteiger partial charge on any atom is -0.495 e. The highest BCUT2D eigenvalue weighted by atomic mass is 35.5. The molecule has 61 heavy (non-hydrogen) atoms. The summed E-state index contributed by atoms with van der Waals surface area (Å²) < 4.78 is 67.8. The van der Waals surface area contributed by atoms with Crippen LogP contribution in [0.4, 0.5) is 34.8 Å². The number of benzene rings is 2. The summed E-state index contributed by atoms with van der Waals surface area (Å²) >= 11 is 6.21. The largest absolute Gasteiger partial charge is 0.495 e. The summed E-state index contributed by atoms with van der Waals surface area (Å²) in [7, 11) is 1.58. The Balaban J connectivity index is 0.000000199. The third kappa shape index (κ3) is 7.53. The first-order valence-corrected chi connectivity index (χ1v) is 19.5. The first-order chi connectivity index (χ1) is 29.5. The zero-order valence-corrected chi connectivity index (χ0v) is 33.7. The van der Waals surface area contributed by atoms with Crippen molar-refractivity contribution >= 4 is 50.6 Å². The molecule has 10 nitrogen and oxygen atoms in total. The number of rotatable bonds is 7. The Morgan fingerprint density at radius 1 is 0.738 bits per heavy atom. The van der Waals surface area contributed by atoms with Crippen LogP contribution in [0.1, 0.15) is 11.1 Å². The number of hydrogen-bond acceptors (Lipinski definition) is 10. The normalized spacial score (nSPS) is 14.0. The molecule has 2 aliphatic heterocycles. The SMILES string of the molecule is COc1cncc(-c2cnc(N3CC4(COC4)C3)cc2Nc2c(C)c(-c3ccccn3)nc3cc(F)cc(F)c23)c1.Cc1c(-c2ccccn2)nc2cc(F)cc(F)c2c1Cl. The lowest BCUT2D eigenvalue weighted by atomic mass is 9.78. The smallest absolute Gasteiger partial charge is 0.137 e. The summed E-state index contributed by atoms with van der Waals surface area (Å²) in [4.78, 5) is 28.9. The molecule has 2 aromatic carbocycles. The van der Waals surface area contributed by atoms with Gasteiger partial charge in [0.1, 0.15) is 34.8 Å². The Labute approximate surface area is 352 Å². The van der Waals surface area contributed by atoms with Gasteiger partial charge in [0.2, 0.25) is 0 Å². The van der Waals surface area contributed by atoms with Gasteiger partial charge in [-0.2, -0.15) is 0 Å². The molecule has 2 aliphatic rings. The number of nitrogens with zero attached hydrogens (tertiary/aromatic N) is 7.